The Labute approximate surface area is 66.5 Å². The second kappa shape index (κ2) is 5.97. The Bertz CT molecular complexity index is 112. The molecule has 0 fully saturated rings. The van der Waals surface area contributed by atoms with Crippen LogP contribution in [0.4, 0.5) is 4.79 Å². The fourth-order valence-electron chi connectivity index (χ4n) is 0.616. The van der Waals surface area contributed by atoms with Crippen LogP contribution in [0.1, 0.15) is 20.3 Å². The second-order valence-electron chi connectivity index (χ2n) is 2.15. The zero-order chi connectivity index (χ0) is 8.69. The smallest absolute Gasteiger partial charge is 0.407 e. The summed E-state index contributed by atoms with van der Waals surface area (Å²) in [6.45, 7) is 3.93. The normalized spacial score (nSPS) is 12.3. The molecule has 0 aromatic rings. The molecule has 1 atom stereocenters. The predicted molar refractivity (Wildman–Crippen MR) is 41.3 cm³/mol. The van der Waals surface area contributed by atoms with Crippen LogP contribution in [0.3, 0.4) is 0 Å². The minimum Gasteiger partial charge on any atom is -0.450 e. The quantitative estimate of drug-likeness (QED) is 0.631. The van der Waals surface area contributed by atoms with Crippen LogP contribution in [0, 0.1) is 0 Å². The fraction of sp³-hybridized carbons (Fsp3) is 0.857. The molecule has 0 saturated heterocycles. The van der Waals surface area contributed by atoms with Gasteiger partial charge >= 0.3 is 6.09 Å². The summed E-state index contributed by atoms with van der Waals surface area (Å²) < 4.78 is 4.61. The van der Waals surface area contributed by atoms with E-state index in [1.54, 1.807) is 6.92 Å². The molecule has 0 heterocycles. The third-order valence-electron chi connectivity index (χ3n) is 1.31. The molecule has 0 spiro atoms. The molecule has 0 rings (SSSR count). The van der Waals surface area contributed by atoms with Gasteiger partial charge in [0, 0.05) is 0 Å². The third kappa shape index (κ3) is 4.61. The van der Waals surface area contributed by atoms with E-state index >= 15 is 0 Å². The second-order valence-corrected chi connectivity index (χ2v) is 2.15. The van der Waals surface area contributed by atoms with Crippen LogP contribution in [0.5, 0.6) is 0 Å². The van der Waals surface area contributed by atoms with Crippen molar-refractivity contribution >= 4 is 6.09 Å². The number of amides is 1. The highest BCUT2D eigenvalue weighted by atomic mass is 16.5. The third-order valence-corrected chi connectivity index (χ3v) is 1.31. The van der Waals surface area contributed by atoms with Crippen molar-refractivity contribution in [1.29, 1.82) is 0 Å². The first kappa shape index (κ1) is 10.2. The summed E-state index contributed by atoms with van der Waals surface area (Å²) in [6.07, 6.45) is 0.239. The van der Waals surface area contributed by atoms with Crippen molar-refractivity contribution in [3.05, 3.63) is 0 Å². The number of carbonyl (C=O) groups is 1. The molecule has 11 heavy (non-hydrogen) atoms. The van der Waals surface area contributed by atoms with Crippen LogP contribution in [0.15, 0.2) is 0 Å². The molecule has 0 radical (unpaired) electrons. The number of ether oxygens (including phenoxy) is 1. The van der Waals surface area contributed by atoms with Crippen molar-refractivity contribution in [3.63, 3.8) is 0 Å². The summed E-state index contributed by atoms with van der Waals surface area (Å²) >= 11 is 0. The molecule has 4 nitrogen and oxygen atoms in total. The molecule has 1 amide bonds. The maximum Gasteiger partial charge on any atom is 0.407 e. The first-order chi connectivity index (χ1) is 5.24. The maximum atomic E-state index is 10.7. The van der Waals surface area contributed by atoms with Crippen molar-refractivity contribution in [1.82, 2.24) is 5.32 Å². The molecular formula is C7H15NO3. The van der Waals surface area contributed by atoms with E-state index < -0.39 is 6.09 Å². The van der Waals surface area contributed by atoms with Crippen molar-refractivity contribution < 1.29 is 14.6 Å². The van der Waals surface area contributed by atoms with Crippen LogP contribution in [0.2, 0.25) is 0 Å². The lowest BCUT2D eigenvalue weighted by molar-refractivity contribution is 0.140. The Balaban J connectivity index is 3.54. The van der Waals surface area contributed by atoms with E-state index in [1.807, 2.05) is 6.92 Å². The van der Waals surface area contributed by atoms with Crippen LogP contribution < -0.4 is 5.32 Å². The summed E-state index contributed by atoms with van der Waals surface area (Å²) in [4.78, 5) is 10.7. The van der Waals surface area contributed by atoms with Crippen molar-refractivity contribution in [2.45, 2.75) is 26.3 Å². The van der Waals surface area contributed by atoms with E-state index in [4.69, 9.17) is 5.11 Å². The molecule has 2 N–H and O–H groups in total. The Morgan fingerprint density at radius 3 is 2.64 bits per heavy atom. The summed E-state index contributed by atoms with van der Waals surface area (Å²) in [5, 5.41) is 11.2. The number of rotatable bonds is 4. The van der Waals surface area contributed by atoms with E-state index in [0.29, 0.717) is 13.0 Å². The van der Waals surface area contributed by atoms with Gasteiger partial charge in [-0.25, -0.2) is 4.79 Å². The van der Waals surface area contributed by atoms with Crippen LogP contribution in [0.25, 0.3) is 0 Å². The molecule has 0 aliphatic rings. The van der Waals surface area contributed by atoms with Crippen molar-refractivity contribution in [2.75, 3.05) is 13.2 Å². The first-order valence-corrected chi connectivity index (χ1v) is 3.78. The van der Waals surface area contributed by atoms with Gasteiger partial charge in [0.05, 0.1) is 19.3 Å². The number of hydrogen-bond donors (Lipinski definition) is 2. The molecule has 0 aromatic heterocycles. The van der Waals surface area contributed by atoms with Gasteiger partial charge in [0.1, 0.15) is 0 Å². The van der Waals surface area contributed by atoms with Gasteiger partial charge in [-0.3, -0.25) is 0 Å². The average molecular weight is 161 g/mol. The number of aliphatic hydroxyl groups is 1. The summed E-state index contributed by atoms with van der Waals surface area (Å²) in [6, 6.07) is -0.186. The summed E-state index contributed by atoms with van der Waals surface area (Å²) in [5.74, 6) is 0. The van der Waals surface area contributed by atoms with Gasteiger partial charge in [0.15, 0.2) is 0 Å². The van der Waals surface area contributed by atoms with Gasteiger partial charge in [0.2, 0.25) is 0 Å². The van der Waals surface area contributed by atoms with Crippen LogP contribution >= 0.6 is 0 Å². The first-order valence-electron chi connectivity index (χ1n) is 3.78. The SMILES string of the molecule is CCOC(=O)N[C@H](CC)CO. The van der Waals surface area contributed by atoms with Gasteiger partial charge in [-0.2, -0.15) is 0 Å². The standard InChI is InChI=1S/C7H15NO3/c1-3-6(5-9)8-7(10)11-4-2/h6,9H,3-5H2,1-2H3,(H,8,10)/t6-/m1/s1. The molecule has 0 unspecified atom stereocenters. The highest BCUT2D eigenvalue weighted by Crippen LogP contribution is 1.89. The monoisotopic (exact) mass is 161 g/mol. The predicted octanol–water partition coefficient (Wildman–Crippen LogP) is 0.503. The van der Waals surface area contributed by atoms with E-state index in [0.717, 1.165) is 0 Å². The van der Waals surface area contributed by atoms with E-state index in [1.165, 1.54) is 0 Å². The zero-order valence-corrected chi connectivity index (χ0v) is 6.96. The van der Waals surface area contributed by atoms with Gasteiger partial charge in [0.25, 0.3) is 0 Å². The minimum atomic E-state index is -0.464. The van der Waals surface area contributed by atoms with Gasteiger partial charge in [-0.1, -0.05) is 6.92 Å². The number of hydrogen-bond acceptors (Lipinski definition) is 3. The Morgan fingerprint density at radius 1 is 1.64 bits per heavy atom. The molecule has 0 saturated carbocycles. The molecule has 4 heteroatoms. The minimum absolute atomic E-state index is 0.0463. The molecule has 66 valence electrons. The van der Waals surface area contributed by atoms with Crippen molar-refractivity contribution in [2.24, 2.45) is 0 Å². The van der Waals surface area contributed by atoms with Crippen LogP contribution in [-0.2, 0) is 4.74 Å². The van der Waals surface area contributed by atoms with Gasteiger partial charge in [-0.15, -0.1) is 0 Å². The van der Waals surface area contributed by atoms with E-state index in [2.05, 4.69) is 10.1 Å². The van der Waals surface area contributed by atoms with E-state index in [-0.39, 0.29) is 12.6 Å². The largest absolute Gasteiger partial charge is 0.450 e. The molecule has 0 bridgehead atoms. The Kier molecular flexibility index (Phi) is 5.56. The number of carbonyl (C=O) groups excluding carboxylic acids is 1. The maximum absolute atomic E-state index is 10.7. The number of nitrogens with one attached hydrogen (secondary N) is 1. The highest BCUT2D eigenvalue weighted by Gasteiger charge is 2.08. The van der Waals surface area contributed by atoms with Gasteiger partial charge < -0.3 is 15.2 Å². The average Bonchev–Trinajstić information content (AvgIpc) is 2.01. The lowest BCUT2D eigenvalue weighted by Gasteiger charge is -2.12. The zero-order valence-electron chi connectivity index (χ0n) is 6.96. The van der Waals surface area contributed by atoms with Gasteiger partial charge in [-0.05, 0) is 13.3 Å². The molecule has 0 aromatic carbocycles. The lowest BCUT2D eigenvalue weighted by atomic mass is 10.2. The highest BCUT2D eigenvalue weighted by molar-refractivity contribution is 5.67. The number of aliphatic hydroxyl groups excluding tert-OH is 1. The molecule has 0 aliphatic heterocycles. The summed E-state index contributed by atoms with van der Waals surface area (Å²) in [7, 11) is 0. The van der Waals surface area contributed by atoms with E-state index in [9.17, 15) is 4.79 Å². The molecule has 0 aliphatic carbocycles. The lowest BCUT2D eigenvalue weighted by Crippen LogP contribution is -2.37. The Morgan fingerprint density at radius 2 is 2.27 bits per heavy atom. The summed E-state index contributed by atoms with van der Waals surface area (Å²) in [5.41, 5.74) is 0. The fourth-order valence-corrected chi connectivity index (χ4v) is 0.616. The van der Waals surface area contributed by atoms with Crippen LogP contribution in [-0.4, -0.2) is 30.5 Å². The molecular weight excluding hydrogens is 146 g/mol. The number of alkyl carbamates (subject to hydrolysis) is 1. The topological polar surface area (TPSA) is 58.6 Å². The van der Waals surface area contributed by atoms with Crippen molar-refractivity contribution in [3.8, 4) is 0 Å². The Hall–Kier alpha value is -0.770.